The van der Waals surface area contributed by atoms with Crippen LogP contribution >= 0.6 is 11.6 Å². The molecular weight excluding hydrogens is 336 g/mol. The molecule has 0 aliphatic heterocycles. The minimum Gasteiger partial charge on any atom is -0.378 e. The fraction of sp³-hybridized carbons (Fsp3) is 0.158. The number of nitrogens with zero attached hydrogens (tertiary/aromatic N) is 2. The first kappa shape index (κ1) is 17.0. The van der Waals surface area contributed by atoms with Crippen molar-refractivity contribution in [3.05, 3.63) is 64.3 Å². The van der Waals surface area contributed by atoms with Crippen LogP contribution in [-0.2, 0) is 0 Å². The average Bonchev–Trinajstić information content (AvgIpc) is 2.92. The van der Waals surface area contributed by atoms with Gasteiger partial charge in [-0.15, -0.1) is 0 Å². The number of carbonyl (C=O) groups is 1. The molecule has 1 heterocycles. The van der Waals surface area contributed by atoms with Crippen LogP contribution in [0.3, 0.4) is 0 Å². The van der Waals surface area contributed by atoms with Crippen LogP contribution in [0, 0.1) is 6.92 Å². The van der Waals surface area contributed by atoms with E-state index in [-0.39, 0.29) is 5.91 Å². The molecule has 2 N–H and O–H groups in total. The van der Waals surface area contributed by atoms with Crippen molar-refractivity contribution >= 4 is 40.3 Å². The molecule has 1 amide bonds. The van der Waals surface area contributed by atoms with Gasteiger partial charge >= 0.3 is 0 Å². The van der Waals surface area contributed by atoms with E-state index in [2.05, 4.69) is 15.5 Å². The molecule has 0 fully saturated rings. The van der Waals surface area contributed by atoms with E-state index in [0.29, 0.717) is 10.7 Å². The number of H-pyrrole nitrogens is 1. The van der Waals surface area contributed by atoms with Gasteiger partial charge in [0.1, 0.15) is 5.69 Å². The molecule has 3 rings (SSSR count). The number of benzene rings is 2. The maximum absolute atomic E-state index is 12.4. The van der Waals surface area contributed by atoms with Gasteiger partial charge < -0.3 is 9.88 Å². The van der Waals surface area contributed by atoms with Crippen molar-refractivity contribution < 1.29 is 4.79 Å². The number of aromatic nitrogens is 1. The van der Waals surface area contributed by atoms with E-state index in [4.69, 9.17) is 11.6 Å². The number of halogens is 1. The van der Waals surface area contributed by atoms with Gasteiger partial charge in [-0.1, -0.05) is 23.7 Å². The molecule has 0 saturated carbocycles. The molecule has 2 aromatic carbocycles. The van der Waals surface area contributed by atoms with E-state index >= 15 is 0 Å². The topological polar surface area (TPSA) is 60.5 Å². The lowest BCUT2D eigenvalue weighted by Crippen LogP contribution is -2.19. The first-order valence-corrected chi connectivity index (χ1v) is 8.22. The van der Waals surface area contributed by atoms with Crippen LogP contribution < -0.4 is 10.3 Å². The van der Waals surface area contributed by atoms with Gasteiger partial charge in [0, 0.05) is 35.7 Å². The molecule has 6 heteroatoms. The van der Waals surface area contributed by atoms with Crippen LogP contribution in [0.1, 0.15) is 21.6 Å². The van der Waals surface area contributed by atoms with Crippen molar-refractivity contribution in [1.29, 1.82) is 0 Å². The molecule has 0 saturated heterocycles. The quantitative estimate of drug-likeness (QED) is 0.550. The van der Waals surface area contributed by atoms with Gasteiger partial charge in [0.15, 0.2) is 0 Å². The Labute approximate surface area is 151 Å². The lowest BCUT2D eigenvalue weighted by atomic mass is 10.1. The van der Waals surface area contributed by atoms with E-state index in [1.807, 2.05) is 62.3 Å². The molecule has 0 radical (unpaired) electrons. The number of fused-ring (bicyclic) bond motifs is 1. The number of carbonyl (C=O) groups excluding carboxylic acids is 1. The zero-order valence-corrected chi connectivity index (χ0v) is 15.1. The van der Waals surface area contributed by atoms with Gasteiger partial charge in [0.25, 0.3) is 5.91 Å². The highest BCUT2D eigenvalue weighted by Crippen LogP contribution is 2.24. The van der Waals surface area contributed by atoms with Crippen molar-refractivity contribution in [3.8, 4) is 0 Å². The minimum absolute atomic E-state index is 0.286. The maximum atomic E-state index is 12.4. The Morgan fingerprint density at radius 3 is 2.60 bits per heavy atom. The Morgan fingerprint density at radius 2 is 1.92 bits per heavy atom. The lowest BCUT2D eigenvalue weighted by molar-refractivity contribution is 0.0950. The molecule has 0 spiro atoms. The number of rotatable bonds is 4. The second-order valence-electron chi connectivity index (χ2n) is 6.00. The van der Waals surface area contributed by atoms with Crippen LogP contribution in [0.2, 0.25) is 5.02 Å². The standard InChI is InChI=1S/C19H19ClN4O/c1-12-16-10-14(20)6-9-17(16)22-18(12)19(25)23-21-11-13-4-7-15(8-5-13)24(2)3/h4-11,22H,1-3H3,(H,23,25)/b21-11-. The molecule has 3 aromatic rings. The molecule has 0 unspecified atom stereocenters. The summed E-state index contributed by atoms with van der Waals surface area (Å²) in [7, 11) is 3.97. The Kier molecular flexibility index (Phi) is 4.76. The number of hydrogen-bond donors (Lipinski definition) is 2. The number of aryl methyl sites for hydroxylation is 1. The summed E-state index contributed by atoms with van der Waals surface area (Å²) in [5, 5.41) is 5.61. The largest absolute Gasteiger partial charge is 0.378 e. The van der Waals surface area contributed by atoms with Crippen LogP contribution in [0.4, 0.5) is 5.69 Å². The van der Waals surface area contributed by atoms with Crippen molar-refractivity contribution in [1.82, 2.24) is 10.4 Å². The maximum Gasteiger partial charge on any atom is 0.288 e. The number of aromatic amines is 1. The second kappa shape index (κ2) is 6.99. The molecule has 25 heavy (non-hydrogen) atoms. The number of hydrogen-bond acceptors (Lipinski definition) is 3. The summed E-state index contributed by atoms with van der Waals surface area (Å²) in [5.74, 6) is -0.286. The molecule has 0 aliphatic rings. The van der Waals surface area contributed by atoms with E-state index in [0.717, 1.165) is 27.7 Å². The van der Waals surface area contributed by atoms with Crippen LogP contribution in [0.15, 0.2) is 47.6 Å². The van der Waals surface area contributed by atoms with Gasteiger partial charge in [0.2, 0.25) is 0 Å². The summed E-state index contributed by atoms with van der Waals surface area (Å²) < 4.78 is 0. The highest BCUT2D eigenvalue weighted by molar-refractivity contribution is 6.31. The summed E-state index contributed by atoms with van der Waals surface area (Å²) in [5.41, 5.74) is 6.77. The molecule has 1 aromatic heterocycles. The van der Waals surface area contributed by atoms with Gasteiger partial charge in [-0.05, 0) is 48.4 Å². The summed E-state index contributed by atoms with van der Waals surface area (Å²) in [4.78, 5) is 17.5. The third-order valence-corrected chi connectivity index (χ3v) is 4.27. The summed E-state index contributed by atoms with van der Waals surface area (Å²) in [6, 6.07) is 13.4. The van der Waals surface area contributed by atoms with Crippen LogP contribution in [-0.4, -0.2) is 31.2 Å². The molecule has 0 atom stereocenters. The summed E-state index contributed by atoms with van der Waals surface area (Å²) in [6.45, 7) is 1.88. The molecule has 128 valence electrons. The zero-order valence-electron chi connectivity index (χ0n) is 14.3. The van der Waals surface area contributed by atoms with E-state index in [9.17, 15) is 4.79 Å². The van der Waals surface area contributed by atoms with Crippen molar-refractivity contribution in [2.75, 3.05) is 19.0 Å². The number of amides is 1. The average molecular weight is 355 g/mol. The first-order chi connectivity index (χ1) is 12.0. The number of hydrazone groups is 1. The molecule has 0 bridgehead atoms. The van der Waals surface area contributed by atoms with E-state index in [1.165, 1.54) is 0 Å². The van der Waals surface area contributed by atoms with Crippen molar-refractivity contribution in [3.63, 3.8) is 0 Å². The first-order valence-electron chi connectivity index (χ1n) is 7.84. The predicted octanol–water partition coefficient (Wildman–Crippen LogP) is 3.96. The second-order valence-corrected chi connectivity index (χ2v) is 6.44. The lowest BCUT2D eigenvalue weighted by Gasteiger charge is -2.11. The smallest absolute Gasteiger partial charge is 0.288 e. The highest BCUT2D eigenvalue weighted by atomic mass is 35.5. The van der Waals surface area contributed by atoms with Crippen molar-refractivity contribution in [2.45, 2.75) is 6.92 Å². The predicted molar refractivity (Wildman–Crippen MR) is 104 cm³/mol. The van der Waals surface area contributed by atoms with Crippen LogP contribution in [0.25, 0.3) is 10.9 Å². The Hall–Kier alpha value is -2.79. The fourth-order valence-electron chi connectivity index (χ4n) is 2.61. The molecule has 5 nitrogen and oxygen atoms in total. The van der Waals surface area contributed by atoms with Gasteiger partial charge in [-0.3, -0.25) is 4.79 Å². The molecule has 0 aliphatic carbocycles. The number of nitrogens with one attached hydrogen (secondary N) is 2. The SMILES string of the molecule is Cc1c(C(=O)N/N=C\c2ccc(N(C)C)cc2)[nH]c2ccc(Cl)cc12. The van der Waals surface area contributed by atoms with Crippen LogP contribution in [0.5, 0.6) is 0 Å². The normalized spacial score (nSPS) is 11.2. The van der Waals surface area contributed by atoms with Crippen molar-refractivity contribution in [2.24, 2.45) is 5.10 Å². The van der Waals surface area contributed by atoms with Gasteiger partial charge in [0.05, 0.1) is 6.21 Å². The fourth-order valence-corrected chi connectivity index (χ4v) is 2.78. The minimum atomic E-state index is -0.286. The Bertz CT molecular complexity index is 942. The van der Waals surface area contributed by atoms with E-state index < -0.39 is 0 Å². The zero-order chi connectivity index (χ0) is 18.0. The van der Waals surface area contributed by atoms with Gasteiger partial charge in [-0.25, -0.2) is 5.43 Å². The summed E-state index contributed by atoms with van der Waals surface area (Å²) in [6.07, 6.45) is 1.62. The van der Waals surface area contributed by atoms with Gasteiger partial charge in [-0.2, -0.15) is 5.10 Å². The Balaban J connectivity index is 1.73. The third-order valence-electron chi connectivity index (χ3n) is 4.04. The highest BCUT2D eigenvalue weighted by Gasteiger charge is 2.14. The monoisotopic (exact) mass is 354 g/mol. The number of anilines is 1. The Morgan fingerprint density at radius 1 is 1.20 bits per heavy atom. The summed E-state index contributed by atoms with van der Waals surface area (Å²) >= 11 is 6.02. The molecular formula is C19H19ClN4O. The third kappa shape index (κ3) is 3.67. The van der Waals surface area contributed by atoms with E-state index in [1.54, 1.807) is 12.3 Å².